The summed E-state index contributed by atoms with van der Waals surface area (Å²) in [7, 11) is 1.50. The van der Waals surface area contributed by atoms with Crippen molar-refractivity contribution < 1.29 is 14.6 Å². The Balaban J connectivity index is 2.13. The Kier molecular flexibility index (Phi) is 5.07. The van der Waals surface area contributed by atoms with Gasteiger partial charge in [0.15, 0.2) is 11.5 Å². The zero-order valence-corrected chi connectivity index (χ0v) is 12.7. The van der Waals surface area contributed by atoms with Crippen LogP contribution in [0.3, 0.4) is 0 Å². The molecular weight excluding hydrogens is 268 g/mol. The molecule has 0 spiro atoms. The minimum absolute atomic E-state index is 0.0288. The number of carbonyl (C=O) groups is 1. The average molecular weight is 292 g/mol. The lowest BCUT2D eigenvalue weighted by molar-refractivity contribution is -0.127. The van der Waals surface area contributed by atoms with Crippen LogP contribution in [0.4, 0.5) is 5.69 Å². The third-order valence-corrected chi connectivity index (χ3v) is 4.12. The number of hydrogen-bond donors (Lipinski definition) is 3. The number of hydrogen-bond acceptors (Lipinski definition) is 4. The number of rotatable bonds is 5. The molecule has 2 rings (SSSR count). The van der Waals surface area contributed by atoms with E-state index in [1.807, 2.05) is 0 Å². The number of ether oxygens (including phenoxy) is 1. The maximum absolute atomic E-state index is 12.7. The molecule has 1 aliphatic heterocycles. The van der Waals surface area contributed by atoms with Crippen LogP contribution in [-0.4, -0.2) is 31.2 Å². The maximum atomic E-state index is 12.7. The molecule has 1 fully saturated rings. The second-order valence-electron chi connectivity index (χ2n) is 5.65. The molecule has 0 bridgehead atoms. The molecule has 0 radical (unpaired) electrons. The van der Waals surface area contributed by atoms with Crippen molar-refractivity contribution in [2.24, 2.45) is 5.41 Å². The van der Waals surface area contributed by atoms with Gasteiger partial charge in [0.25, 0.3) is 0 Å². The number of benzene rings is 1. The molecule has 3 N–H and O–H groups in total. The number of anilines is 1. The van der Waals surface area contributed by atoms with Crippen molar-refractivity contribution in [3.05, 3.63) is 18.2 Å². The molecule has 1 aromatic rings. The summed E-state index contributed by atoms with van der Waals surface area (Å²) in [4.78, 5) is 12.7. The standard InChI is InChI=1S/C16H24N2O3/c1-3-7-16(8-4-9-17-11-16)15(20)18-12-5-6-14(21-2)13(19)10-12/h5-6,10,17,19H,3-4,7-9,11H2,1-2H3,(H,18,20). The summed E-state index contributed by atoms with van der Waals surface area (Å²) in [6.45, 7) is 3.79. The highest BCUT2D eigenvalue weighted by molar-refractivity contribution is 5.95. The Morgan fingerprint density at radius 2 is 2.33 bits per heavy atom. The normalized spacial score (nSPS) is 21.8. The zero-order chi connectivity index (χ0) is 15.3. The molecule has 1 atom stereocenters. The fourth-order valence-corrected chi connectivity index (χ4v) is 3.00. The molecular formula is C16H24N2O3. The van der Waals surface area contributed by atoms with Crippen LogP contribution in [0.1, 0.15) is 32.6 Å². The molecule has 1 aromatic carbocycles. The van der Waals surface area contributed by atoms with Gasteiger partial charge in [0.05, 0.1) is 12.5 Å². The van der Waals surface area contributed by atoms with Gasteiger partial charge in [-0.1, -0.05) is 13.3 Å². The molecule has 1 heterocycles. The summed E-state index contributed by atoms with van der Waals surface area (Å²) in [6, 6.07) is 4.91. The maximum Gasteiger partial charge on any atom is 0.231 e. The van der Waals surface area contributed by atoms with Crippen LogP contribution < -0.4 is 15.4 Å². The van der Waals surface area contributed by atoms with Crippen LogP contribution in [0.5, 0.6) is 11.5 Å². The number of piperidine rings is 1. The fraction of sp³-hybridized carbons (Fsp3) is 0.562. The molecule has 1 amide bonds. The van der Waals surface area contributed by atoms with E-state index in [0.717, 1.165) is 38.8 Å². The highest BCUT2D eigenvalue weighted by atomic mass is 16.5. The van der Waals surface area contributed by atoms with Gasteiger partial charge in [0.2, 0.25) is 5.91 Å². The first-order valence-electron chi connectivity index (χ1n) is 7.50. The third kappa shape index (κ3) is 3.47. The van der Waals surface area contributed by atoms with Gasteiger partial charge >= 0.3 is 0 Å². The monoisotopic (exact) mass is 292 g/mol. The Bertz CT molecular complexity index is 491. The lowest BCUT2D eigenvalue weighted by Crippen LogP contribution is -2.48. The van der Waals surface area contributed by atoms with Gasteiger partial charge in [-0.15, -0.1) is 0 Å². The Morgan fingerprint density at radius 3 is 2.90 bits per heavy atom. The highest BCUT2D eigenvalue weighted by Crippen LogP contribution is 2.34. The van der Waals surface area contributed by atoms with Crippen LogP contribution >= 0.6 is 0 Å². The lowest BCUT2D eigenvalue weighted by atomic mass is 9.76. The fourth-order valence-electron chi connectivity index (χ4n) is 3.00. The summed E-state index contributed by atoms with van der Waals surface area (Å²) in [5, 5.41) is 16.1. The Morgan fingerprint density at radius 1 is 1.52 bits per heavy atom. The largest absolute Gasteiger partial charge is 0.504 e. The number of phenols is 1. The van der Waals surface area contributed by atoms with E-state index in [2.05, 4.69) is 17.6 Å². The molecule has 116 valence electrons. The second-order valence-corrected chi connectivity index (χ2v) is 5.65. The van der Waals surface area contributed by atoms with Crippen molar-refractivity contribution in [2.75, 3.05) is 25.5 Å². The van der Waals surface area contributed by atoms with Crippen molar-refractivity contribution in [2.45, 2.75) is 32.6 Å². The van der Waals surface area contributed by atoms with Crippen molar-refractivity contribution >= 4 is 11.6 Å². The summed E-state index contributed by atoms with van der Waals surface area (Å²) >= 11 is 0. The molecule has 1 saturated heterocycles. The topological polar surface area (TPSA) is 70.6 Å². The van der Waals surface area contributed by atoms with E-state index >= 15 is 0 Å². The van der Waals surface area contributed by atoms with E-state index < -0.39 is 0 Å². The van der Waals surface area contributed by atoms with E-state index in [0.29, 0.717) is 11.4 Å². The SMILES string of the molecule is CCCC1(C(=O)Nc2ccc(OC)c(O)c2)CCCNC1. The molecule has 5 heteroatoms. The first kappa shape index (κ1) is 15.6. The van der Waals surface area contributed by atoms with Crippen molar-refractivity contribution in [1.82, 2.24) is 5.32 Å². The van der Waals surface area contributed by atoms with Gasteiger partial charge in [-0.2, -0.15) is 0 Å². The number of phenolic OH excluding ortho intramolecular Hbond substituents is 1. The third-order valence-electron chi connectivity index (χ3n) is 4.12. The molecule has 0 aliphatic carbocycles. The van der Waals surface area contributed by atoms with Gasteiger partial charge in [0, 0.05) is 18.3 Å². The smallest absolute Gasteiger partial charge is 0.231 e. The Labute approximate surface area is 125 Å². The summed E-state index contributed by atoms with van der Waals surface area (Å²) in [6.07, 6.45) is 3.76. The quantitative estimate of drug-likeness (QED) is 0.780. The second kappa shape index (κ2) is 6.80. The number of carbonyl (C=O) groups excluding carboxylic acids is 1. The predicted octanol–water partition coefficient (Wildman–Crippen LogP) is 2.51. The van der Waals surface area contributed by atoms with Gasteiger partial charge in [-0.05, 0) is 37.9 Å². The molecule has 21 heavy (non-hydrogen) atoms. The predicted molar refractivity (Wildman–Crippen MR) is 82.7 cm³/mol. The molecule has 1 aliphatic rings. The van der Waals surface area contributed by atoms with E-state index in [-0.39, 0.29) is 17.1 Å². The number of methoxy groups -OCH3 is 1. The van der Waals surface area contributed by atoms with Crippen molar-refractivity contribution in [3.63, 3.8) is 0 Å². The van der Waals surface area contributed by atoms with E-state index in [1.54, 1.807) is 12.1 Å². The average Bonchev–Trinajstić information content (AvgIpc) is 2.48. The van der Waals surface area contributed by atoms with Gasteiger partial charge in [-0.25, -0.2) is 0 Å². The van der Waals surface area contributed by atoms with Gasteiger partial charge < -0.3 is 20.5 Å². The summed E-state index contributed by atoms with van der Waals surface area (Å²) in [5.74, 6) is 0.457. The lowest BCUT2D eigenvalue weighted by Gasteiger charge is -2.36. The zero-order valence-electron chi connectivity index (χ0n) is 12.7. The van der Waals surface area contributed by atoms with E-state index in [4.69, 9.17) is 4.74 Å². The number of nitrogens with one attached hydrogen (secondary N) is 2. The van der Waals surface area contributed by atoms with Crippen LogP contribution in [0.25, 0.3) is 0 Å². The van der Waals surface area contributed by atoms with Gasteiger partial charge in [0.1, 0.15) is 0 Å². The number of aromatic hydroxyl groups is 1. The molecule has 1 unspecified atom stereocenters. The highest BCUT2D eigenvalue weighted by Gasteiger charge is 2.38. The minimum Gasteiger partial charge on any atom is -0.504 e. The van der Waals surface area contributed by atoms with Crippen LogP contribution in [0, 0.1) is 5.41 Å². The molecule has 0 saturated carbocycles. The Hall–Kier alpha value is -1.75. The van der Waals surface area contributed by atoms with E-state index in [1.165, 1.54) is 13.2 Å². The summed E-state index contributed by atoms with van der Waals surface area (Å²) < 4.78 is 5.01. The first-order valence-corrected chi connectivity index (χ1v) is 7.50. The molecule has 0 aromatic heterocycles. The van der Waals surface area contributed by atoms with Crippen LogP contribution in [0.2, 0.25) is 0 Å². The number of amides is 1. The van der Waals surface area contributed by atoms with Crippen molar-refractivity contribution in [1.29, 1.82) is 0 Å². The van der Waals surface area contributed by atoms with Crippen LogP contribution in [-0.2, 0) is 4.79 Å². The summed E-state index contributed by atoms with van der Waals surface area (Å²) in [5.41, 5.74) is 0.252. The van der Waals surface area contributed by atoms with Crippen molar-refractivity contribution in [3.8, 4) is 11.5 Å². The molecule has 5 nitrogen and oxygen atoms in total. The van der Waals surface area contributed by atoms with Gasteiger partial charge in [-0.3, -0.25) is 4.79 Å². The minimum atomic E-state index is -0.345. The van der Waals surface area contributed by atoms with Crippen LogP contribution in [0.15, 0.2) is 18.2 Å². The van der Waals surface area contributed by atoms with E-state index in [9.17, 15) is 9.90 Å². The first-order chi connectivity index (χ1) is 10.1.